The highest BCUT2D eigenvalue weighted by atomic mass is 16.3. The molecule has 0 unspecified atom stereocenters. The summed E-state index contributed by atoms with van der Waals surface area (Å²) in [5, 5.41) is 0. The van der Waals surface area contributed by atoms with Gasteiger partial charge in [0.2, 0.25) is 0 Å². The van der Waals surface area contributed by atoms with Crippen LogP contribution in [0.4, 0.5) is 0 Å². The third-order valence-corrected chi connectivity index (χ3v) is 3.58. The molecule has 0 fully saturated rings. The van der Waals surface area contributed by atoms with Gasteiger partial charge in [-0.05, 0) is 31.0 Å². The Hall–Kier alpha value is -1.31. The summed E-state index contributed by atoms with van der Waals surface area (Å²) >= 11 is 0. The van der Waals surface area contributed by atoms with E-state index in [1.165, 1.54) is 50.5 Å². The fraction of sp³-hybridized carbons (Fsp3) is 0.588. The quantitative estimate of drug-likeness (QED) is 0.591. The molecule has 0 saturated heterocycles. The molecule has 1 aromatic carbocycles. The maximum Gasteiger partial charge on any atom is 0.195 e. The summed E-state index contributed by atoms with van der Waals surface area (Å²) < 4.78 is 5.78. The Labute approximate surface area is 116 Å². The van der Waals surface area contributed by atoms with Crippen molar-refractivity contribution in [2.24, 2.45) is 0 Å². The molecule has 0 bridgehead atoms. The summed E-state index contributed by atoms with van der Waals surface area (Å²) in [6, 6.07) is 6.20. The molecule has 0 amide bonds. The molecule has 0 saturated carbocycles. The smallest absolute Gasteiger partial charge is 0.195 e. The van der Waals surface area contributed by atoms with Crippen molar-refractivity contribution in [2.75, 3.05) is 0 Å². The van der Waals surface area contributed by atoms with Crippen LogP contribution in [0.25, 0.3) is 11.1 Å². The number of oxazole rings is 1. The van der Waals surface area contributed by atoms with Crippen LogP contribution in [0.5, 0.6) is 0 Å². The van der Waals surface area contributed by atoms with Gasteiger partial charge in [0.25, 0.3) is 0 Å². The Morgan fingerprint density at radius 3 is 2.53 bits per heavy atom. The van der Waals surface area contributed by atoms with E-state index in [4.69, 9.17) is 4.42 Å². The van der Waals surface area contributed by atoms with E-state index in [9.17, 15) is 0 Å². The van der Waals surface area contributed by atoms with Crippen LogP contribution in [0.1, 0.15) is 63.3 Å². The zero-order valence-electron chi connectivity index (χ0n) is 12.2. The molecule has 0 spiro atoms. The molecule has 0 aliphatic heterocycles. The summed E-state index contributed by atoms with van der Waals surface area (Å²) in [4.78, 5) is 4.53. The number of nitrogens with zero attached hydrogens (tertiary/aromatic N) is 1. The lowest BCUT2D eigenvalue weighted by Crippen LogP contribution is -1.86. The molecule has 0 aliphatic carbocycles. The molecule has 1 aromatic heterocycles. The van der Waals surface area contributed by atoms with Gasteiger partial charge in [0.15, 0.2) is 11.5 Å². The first-order valence-corrected chi connectivity index (χ1v) is 7.65. The second kappa shape index (κ2) is 7.32. The van der Waals surface area contributed by atoms with Crippen LogP contribution < -0.4 is 0 Å². The molecule has 0 radical (unpaired) electrons. The lowest BCUT2D eigenvalue weighted by molar-refractivity contribution is 0.503. The molecule has 1 heterocycles. The minimum atomic E-state index is 0.897. The Bertz CT molecular complexity index is 501. The zero-order valence-corrected chi connectivity index (χ0v) is 12.2. The number of rotatable bonds is 8. The van der Waals surface area contributed by atoms with E-state index in [2.05, 4.69) is 31.0 Å². The first-order chi connectivity index (χ1) is 9.29. The highest BCUT2D eigenvalue weighted by molar-refractivity contribution is 5.73. The average Bonchev–Trinajstić information content (AvgIpc) is 2.79. The molecule has 0 N–H and O–H groups in total. The topological polar surface area (TPSA) is 26.0 Å². The maximum atomic E-state index is 5.78. The second-order valence-electron chi connectivity index (χ2n) is 5.45. The van der Waals surface area contributed by atoms with Gasteiger partial charge in [-0.15, -0.1) is 0 Å². The van der Waals surface area contributed by atoms with Crippen molar-refractivity contribution in [3.63, 3.8) is 0 Å². The Morgan fingerprint density at radius 2 is 1.74 bits per heavy atom. The van der Waals surface area contributed by atoms with E-state index < -0.39 is 0 Å². The van der Waals surface area contributed by atoms with Crippen LogP contribution in [0, 0.1) is 6.92 Å². The van der Waals surface area contributed by atoms with Crippen molar-refractivity contribution in [1.82, 2.24) is 4.98 Å². The van der Waals surface area contributed by atoms with Gasteiger partial charge in [0.05, 0.1) is 0 Å². The first kappa shape index (κ1) is 14.1. The van der Waals surface area contributed by atoms with Gasteiger partial charge in [-0.25, -0.2) is 4.98 Å². The van der Waals surface area contributed by atoms with E-state index in [1.54, 1.807) is 0 Å². The zero-order chi connectivity index (χ0) is 13.5. The average molecular weight is 259 g/mol. The van der Waals surface area contributed by atoms with Crippen LogP contribution in [0.3, 0.4) is 0 Å². The molecule has 2 nitrogen and oxygen atoms in total. The lowest BCUT2D eigenvalue weighted by atomic mass is 10.1. The van der Waals surface area contributed by atoms with Crippen LogP contribution in [0.2, 0.25) is 0 Å². The SMILES string of the molecule is CCCCCCCCCc1nc2ccc(C)cc2o1. The normalized spacial score (nSPS) is 11.3. The first-order valence-electron chi connectivity index (χ1n) is 7.65. The highest BCUT2D eigenvalue weighted by Gasteiger charge is 2.05. The summed E-state index contributed by atoms with van der Waals surface area (Å²) in [5.74, 6) is 0.897. The summed E-state index contributed by atoms with van der Waals surface area (Å²) in [5.41, 5.74) is 3.15. The van der Waals surface area contributed by atoms with Gasteiger partial charge in [-0.3, -0.25) is 0 Å². The fourth-order valence-corrected chi connectivity index (χ4v) is 2.42. The van der Waals surface area contributed by atoms with Gasteiger partial charge >= 0.3 is 0 Å². The third-order valence-electron chi connectivity index (χ3n) is 3.58. The Balaban J connectivity index is 1.72. The number of aryl methyl sites for hydroxylation is 2. The van der Waals surface area contributed by atoms with Crippen molar-refractivity contribution >= 4 is 11.1 Å². The van der Waals surface area contributed by atoms with E-state index in [0.29, 0.717) is 0 Å². The summed E-state index contributed by atoms with van der Waals surface area (Å²) in [6.07, 6.45) is 10.3. The van der Waals surface area contributed by atoms with Crippen LogP contribution in [-0.4, -0.2) is 4.98 Å². The molecule has 2 aromatic rings. The van der Waals surface area contributed by atoms with E-state index in [1.807, 2.05) is 6.07 Å². The van der Waals surface area contributed by atoms with Gasteiger partial charge in [-0.1, -0.05) is 51.5 Å². The van der Waals surface area contributed by atoms with E-state index >= 15 is 0 Å². The second-order valence-corrected chi connectivity index (χ2v) is 5.45. The van der Waals surface area contributed by atoms with Crippen LogP contribution in [0.15, 0.2) is 22.6 Å². The van der Waals surface area contributed by atoms with Crippen LogP contribution in [-0.2, 0) is 6.42 Å². The summed E-state index contributed by atoms with van der Waals surface area (Å²) in [6.45, 7) is 4.34. The minimum absolute atomic E-state index is 0.897. The standard InChI is InChI=1S/C17H25NO/c1-3-4-5-6-7-8-9-10-17-18-15-12-11-14(2)13-16(15)19-17/h11-13H,3-10H2,1-2H3. The molecule has 2 rings (SSSR count). The number of hydrogen-bond acceptors (Lipinski definition) is 2. The third kappa shape index (κ3) is 4.38. The minimum Gasteiger partial charge on any atom is -0.441 e. The monoisotopic (exact) mass is 259 g/mol. The molecule has 0 atom stereocenters. The van der Waals surface area contributed by atoms with Crippen molar-refractivity contribution in [1.29, 1.82) is 0 Å². The van der Waals surface area contributed by atoms with Crippen LogP contribution >= 0.6 is 0 Å². The molecular formula is C17H25NO. The molecule has 19 heavy (non-hydrogen) atoms. The van der Waals surface area contributed by atoms with Crippen molar-refractivity contribution < 1.29 is 4.42 Å². The van der Waals surface area contributed by atoms with Crippen molar-refractivity contribution in [2.45, 2.75) is 65.2 Å². The van der Waals surface area contributed by atoms with Gasteiger partial charge < -0.3 is 4.42 Å². The number of unbranched alkanes of at least 4 members (excludes halogenated alkanes) is 6. The lowest BCUT2D eigenvalue weighted by Gasteiger charge is -1.99. The molecule has 104 valence electrons. The fourth-order valence-electron chi connectivity index (χ4n) is 2.42. The molecular weight excluding hydrogens is 234 g/mol. The predicted octanol–water partition coefficient (Wildman–Crippen LogP) is 5.43. The highest BCUT2D eigenvalue weighted by Crippen LogP contribution is 2.18. The number of aromatic nitrogens is 1. The number of hydrogen-bond donors (Lipinski definition) is 0. The van der Waals surface area contributed by atoms with Gasteiger partial charge in [-0.2, -0.15) is 0 Å². The molecule has 0 aliphatic rings. The van der Waals surface area contributed by atoms with E-state index in [0.717, 1.165) is 23.4 Å². The Kier molecular flexibility index (Phi) is 5.44. The molecule has 2 heteroatoms. The maximum absolute atomic E-state index is 5.78. The van der Waals surface area contributed by atoms with Crippen molar-refractivity contribution in [3.8, 4) is 0 Å². The summed E-state index contributed by atoms with van der Waals surface area (Å²) in [7, 11) is 0. The largest absolute Gasteiger partial charge is 0.441 e. The van der Waals surface area contributed by atoms with E-state index in [-0.39, 0.29) is 0 Å². The predicted molar refractivity (Wildman–Crippen MR) is 80.4 cm³/mol. The van der Waals surface area contributed by atoms with Crippen molar-refractivity contribution in [3.05, 3.63) is 29.7 Å². The number of benzene rings is 1. The Morgan fingerprint density at radius 1 is 1.00 bits per heavy atom. The van der Waals surface area contributed by atoms with Gasteiger partial charge in [0, 0.05) is 6.42 Å². The number of fused-ring (bicyclic) bond motifs is 1. The van der Waals surface area contributed by atoms with Gasteiger partial charge in [0.1, 0.15) is 5.52 Å².